The minimum absolute atomic E-state index is 0.234. The molecule has 13 heavy (non-hydrogen) atoms. The molecule has 1 nitrogen and oxygen atoms in total. The summed E-state index contributed by atoms with van der Waals surface area (Å²) >= 11 is 0. The molecule has 0 aromatic carbocycles. The van der Waals surface area contributed by atoms with Crippen LogP contribution >= 0.6 is 0 Å². The lowest BCUT2D eigenvalue weighted by Crippen LogP contribution is -2.69. The molecule has 0 heterocycles. The summed E-state index contributed by atoms with van der Waals surface area (Å²) in [5.74, 6) is 2.45. The van der Waals surface area contributed by atoms with Gasteiger partial charge in [-0.3, -0.25) is 0 Å². The van der Waals surface area contributed by atoms with E-state index in [-0.39, 0.29) is 5.54 Å². The predicted octanol–water partition coefficient (Wildman–Crippen LogP) is 3.06. The second kappa shape index (κ2) is 2.98. The van der Waals surface area contributed by atoms with Gasteiger partial charge in [0.2, 0.25) is 0 Å². The smallest absolute Gasteiger partial charge is 0.0214 e. The van der Waals surface area contributed by atoms with E-state index in [1.165, 1.54) is 0 Å². The molecule has 0 bridgehead atoms. The van der Waals surface area contributed by atoms with Gasteiger partial charge >= 0.3 is 0 Å². The third-order valence-electron chi connectivity index (χ3n) is 4.11. The molecule has 1 aliphatic rings. The average molecular weight is 183 g/mol. The summed E-state index contributed by atoms with van der Waals surface area (Å²) in [6.45, 7) is 16.2. The van der Waals surface area contributed by atoms with Crippen molar-refractivity contribution in [3.63, 3.8) is 0 Å². The zero-order valence-corrected chi connectivity index (χ0v) is 10.2. The van der Waals surface area contributed by atoms with Crippen LogP contribution in [0.15, 0.2) is 0 Å². The van der Waals surface area contributed by atoms with Crippen molar-refractivity contribution >= 4 is 0 Å². The van der Waals surface area contributed by atoms with Crippen LogP contribution in [0.5, 0.6) is 0 Å². The largest absolute Gasteiger partial charge is 0.306 e. The molecular weight excluding hydrogens is 158 g/mol. The monoisotopic (exact) mass is 183 g/mol. The molecule has 0 aromatic heterocycles. The summed E-state index contributed by atoms with van der Waals surface area (Å²) in [4.78, 5) is 0. The zero-order chi connectivity index (χ0) is 10.4. The molecule has 0 amide bonds. The van der Waals surface area contributed by atoms with E-state index >= 15 is 0 Å². The molecular formula is C12H25N. The van der Waals surface area contributed by atoms with E-state index in [0.717, 1.165) is 17.8 Å². The van der Waals surface area contributed by atoms with Gasteiger partial charge in [-0.15, -0.1) is 0 Å². The highest BCUT2D eigenvalue weighted by atomic mass is 15.1. The van der Waals surface area contributed by atoms with Crippen LogP contribution in [0.2, 0.25) is 0 Å². The van der Waals surface area contributed by atoms with Crippen LogP contribution in [0.25, 0.3) is 0 Å². The SMILES string of the molecule is CC1C(C)C(C)(NC(C)(C)C)C1C. The second-order valence-electron chi connectivity index (χ2n) is 6.09. The quantitative estimate of drug-likeness (QED) is 0.659. The van der Waals surface area contributed by atoms with Crippen LogP contribution in [0.4, 0.5) is 0 Å². The number of nitrogens with one attached hydrogen (secondary N) is 1. The van der Waals surface area contributed by atoms with Gasteiger partial charge in [0, 0.05) is 11.1 Å². The van der Waals surface area contributed by atoms with E-state index in [0.29, 0.717) is 5.54 Å². The molecule has 1 rings (SSSR count). The van der Waals surface area contributed by atoms with Gasteiger partial charge in [-0.1, -0.05) is 20.8 Å². The maximum Gasteiger partial charge on any atom is 0.0214 e. The topological polar surface area (TPSA) is 12.0 Å². The lowest BCUT2D eigenvalue weighted by Gasteiger charge is -2.59. The highest BCUT2D eigenvalue weighted by molar-refractivity contribution is 5.08. The van der Waals surface area contributed by atoms with Crippen molar-refractivity contribution < 1.29 is 0 Å². The molecule has 1 saturated carbocycles. The molecule has 2 atom stereocenters. The van der Waals surface area contributed by atoms with Gasteiger partial charge in [0.25, 0.3) is 0 Å². The van der Waals surface area contributed by atoms with Crippen LogP contribution in [0, 0.1) is 17.8 Å². The summed E-state index contributed by atoms with van der Waals surface area (Å²) in [7, 11) is 0. The van der Waals surface area contributed by atoms with Crippen molar-refractivity contribution in [2.75, 3.05) is 0 Å². The molecule has 1 N–H and O–H groups in total. The van der Waals surface area contributed by atoms with Crippen LogP contribution < -0.4 is 5.32 Å². The van der Waals surface area contributed by atoms with Crippen LogP contribution in [-0.4, -0.2) is 11.1 Å². The number of rotatable bonds is 1. The summed E-state index contributed by atoms with van der Waals surface area (Å²) < 4.78 is 0. The Morgan fingerprint density at radius 2 is 1.38 bits per heavy atom. The van der Waals surface area contributed by atoms with Gasteiger partial charge in [0.1, 0.15) is 0 Å². The maximum atomic E-state index is 3.76. The van der Waals surface area contributed by atoms with Crippen molar-refractivity contribution in [1.82, 2.24) is 5.32 Å². The first-order valence-electron chi connectivity index (χ1n) is 5.48. The Bertz CT molecular complexity index is 180. The summed E-state index contributed by atoms with van der Waals surface area (Å²) in [5, 5.41) is 3.76. The fourth-order valence-corrected chi connectivity index (χ4v) is 2.86. The van der Waals surface area contributed by atoms with E-state index in [4.69, 9.17) is 0 Å². The van der Waals surface area contributed by atoms with Crippen LogP contribution in [0.3, 0.4) is 0 Å². The summed E-state index contributed by atoms with van der Waals surface area (Å²) in [6.07, 6.45) is 0. The Morgan fingerprint density at radius 3 is 1.69 bits per heavy atom. The third-order valence-corrected chi connectivity index (χ3v) is 4.11. The third kappa shape index (κ3) is 1.76. The van der Waals surface area contributed by atoms with E-state index in [9.17, 15) is 0 Å². The highest BCUT2D eigenvalue weighted by Gasteiger charge is 2.52. The maximum absolute atomic E-state index is 3.76. The summed E-state index contributed by atoms with van der Waals surface area (Å²) in [5.41, 5.74) is 0.578. The fourth-order valence-electron chi connectivity index (χ4n) is 2.86. The van der Waals surface area contributed by atoms with Gasteiger partial charge in [-0.05, 0) is 45.4 Å². The van der Waals surface area contributed by atoms with Crippen molar-refractivity contribution in [2.45, 2.75) is 59.5 Å². The van der Waals surface area contributed by atoms with Gasteiger partial charge in [-0.25, -0.2) is 0 Å². The Kier molecular flexibility index (Phi) is 2.53. The molecule has 1 fully saturated rings. The minimum atomic E-state index is 0.234. The first-order valence-corrected chi connectivity index (χ1v) is 5.48. The molecule has 0 radical (unpaired) electrons. The normalized spacial score (nSPS) is 45.9. The van der Waals surface area contributed by atoms with Gasteiger partial charge in [0.05, 0.1) is 0 Å². The lowest BCUT2D eigenvalue weighted by atomic mass is 9.53. The standard InChI is InChI=1S/C12H25N/c1-8-9(2)12(7,10(8)3)13-11(4,5)6/h8-10,13H,1-7H3. The Balaban J connectivity index is 2.68. The first-order chi connectivity index (χ1) is 5.68. The van der Waals surface area contributed by atoms with Crippen LogP contribution in [-0.2, 0) is 0 Å². The van der Waals surface area contributed by atoms with E-state index in [1.807, 2.05) is 0 Å². The Hall–Kier alpha value is -0.0400. The molecule has 2 unspecified atom stereocenters. The van der Waals surface area contributed by atoms with Crippen molar-refractivity contribution in [1.29, 1.82) is 0 Å². The van der Waals surface area contributed by atoms with Crippen molar-refractivity contribution in [3.8, 4) is 0 Å². The molecule has 1 heteroatoms. The van der Waals surface area contributed by atoms with E-state index in [1.54, 1.807) is 0 Å². The molecule has 0 aliphatic heterocycles. The Morgan fingerprint density at radius 1 is 1.00 bits per heavy atom. The first kappa shape index (κ1) is 11.0. The van der Waals surface area contributed by atoms with Crippen LogP contribution in [0.1, 0.15) is 48.5 Å². The summed E-state index contributed by atoms with van der Waals surface area (Å²) in [6, 6.07) is 0. The predicted molar refractivity (Wildman–Crippen MR) is 58.8 cm³/mol. The average Bonchev–Trinajstić information content (AvgIpc) is 1.98. The Labute approximate surface area is 83.3 Å². The fraction of sp³-hybridized carbons (Fsp3) is 1.00. The minimum Gasteiger partial charge on any atom is -0.306 e. The molecule has 0 saturated heterocycles. The molecule has 1 aliphatic carbocycles. The van der Waals surface area contributed by atoms with Gasteiger partial charge in [0.15, 0.2) is 0 Å². The molecule has 0 spiro atoms. The lowest BCUT2D eigenvalue weighted by molar-refractivity contribution is -0.0478. The van der Waals surface area contributed by atoms with Crippen molar-refractivity contribution in [2.24, 2.45) is 17.8 Å². The number of hydrogen-bond acceptors (Lipinski definition) is 1. The molecule has 0 aromatic rings. The van der Waals surface area contributed by atoms with Gasteiger partial charge < -0.3 is 5.32 Å². The zero-order valence-electron chi connectivity index (χ0n) is 10.2. The van der Waals surface area contributed by atoms with Crippen molar-refractivity contribution in [3.05, 3.63) is 0 Å². The van der Waals surface area contributed by atoms with E-state index in [2.05, 4.69) is 53.8 Å². The molecule has 78 valence electrons. The van der Waals surface area contributed by atoms with E-state index < -0.39 is 0 Å². The number of hydrogen-bond donors (Lipinski definition) is 1. The second-order valence-corrected chi connectivity index (χ2v) is 6.09. The highest BCUT2D eigenvalue weighted by Crippen LogP contribution is 2.49. The van der Waals surface area contributed by atoms with Gasteiger partial charge in [-0.2, -0.15) is 0 Å².